The molecule has 0 amide bonds. The van der Waals surface area contributed by atoms with Crippen molar-refractivity contribution in [3.8, 4) is 5.40 Å². The smallest absolute Gasteiger partial charge is 0.133 e. The summed E-state index contributed by atoms with van der Waals surface area (Å²) >= 11 is 1.50. The highest BCUT2D eigenvalue weighted by Gasteiger charge is 2.31. The highest BCUT2D eigenvalue weighted by Crippen LogP contribution is 2.44. The largest absolute Gasteiger partial charge is 0.185 e. The van der Waals surface area contributed by atoms with Crippen molar-refractivity contribution in [3.05, 3.63) is 35.9 Å². The van der Waals surface area contributed by atoms with Crippen LogP contribution in [0.1, 0.15) is 62.8 Å². The molecule has 0 saturated heterocycles. The molecular weight excluding hydrogens is 274 g/mol. The summed E-state index contributed by atoms with van der Waals surface area (Å²) in [6.45, 7) is 0. The zero-order chi connectivity index (χ0) is 14.5. The third-order valence-corrected chi connectivity index (χ3v) is 6.56. The van der Waals surface area contributed by atoms with E-state index in [4.69, 9.17) is 5.26 Å². The zero-order valence-corrected chi connectivity index (χ0v) is 13.5. The van der Waals surface area contributed by atoms with Crippen molar-refractivity contribution in [2.24, 2.45) is 11.8 Å². The van der Waals surface area contributed by atoms with Crippen molar-refractivity contribution in [1.29, 1.82) is 5.26 Å². The first-order chi connectivity index (χ1) is 10.4. The molecule has 2 saturated carbocycles. The Balaban J connectivity index is 1.47. The van der Waals surface area contributed by atoms with Crippen LogP contribution >= 0.6 is 11.8 Å². The topological polar surface area (TPSA) is 23.8 Å². The van der Waals surface area contributed by atoms with E-state index in [0.29, 0.717) is 5.25 Å². The molecule has 0 bridgehead atoms. The summed E-state index contributed by atoms with van der Waals surface area (Å²) in [5.74, 6) is 2.70. The van der Waals surface area contributed by atoms with Gasteiger partial charge >= 0.3 is 0 Å². The van der Waals surface area contributed by atoms with Crippen LogP contribution in [0, 0.1) is 22.5 Å². The summed E-state index contributed by atoms with van der Waals surface area (Å²) in [4.78, 5) is 0. The van der Waals surface area contributed by atoms with Gasteiger partial charge in [-0.1, -0.05) is 30.3 Å². The van der Waals surface area contributed by atoms with Crippen LogP contribution in [-0.2, 0) is 0 Å². The van der Waals surface area contributed by atoms with Gasteiger partial charge in [0.25, 0.3) is 0 Å². The molecule has 112 valence electrons. The summed E-state index contributed by atoms with van der Waals surface area (Å²) in [6, 6.07) is 11.1. The van der Waals surface area contributed by atoms with Gasteiger partial charge in [-0.3, -0.25) is 0 Å². The fourth-order valence-corrected chi connectivity index (χ4v) is 5.06. The normalized spacial score (nSPS) is 33.3. The zero-order valence-electron chi connectivity index (χ0n) is 12.7. The van der Waals surface area contributed by atoms with Crippen LogP contribution in [0.25, 0.3) is 0 Å². The molecule has 2 aliphatic rings. The van der Waals surface area contributed by atoms with Gasteiger partial charge < -0.3 is 0 Å². The molecule has 2 aliphatic carbocycles. The Labute approximate surface area is 133 Å². The van der Waals surface area contributed by atoms with E-state index in [1.165, 1.54) is 63.1 Å². The van der Waals surface area contributed by atoms with E-state index in [1.54, 1.807) is 5.56 Å². The molecule has 0 aromatic heterocycles. The van der Waals surface area contributed by atoms with Gasteiger partial charge in [0.15, 0.2) is 0 Å². The van der Waals surface area contributed by atoms with Gasteiger partial charge in [-0.2, -0.15) is 5.26 Å². The molecule has 1 nitrogen and oxygen atoms in total. The number of hydrogen-bond donors (Lipinski definition) is 0. The van der Waals surface area contributed by atoms with Crippen LogP contribution in [-0.4, -0.2) is 5.25 Å². The summed E-state index contributed by atoms with van der Waals surface area (Å²) in [7, 11) is 0. The first-order valence-corrected chi connectivity index (χ1v) is 9.34. The predicted octanol–water partition coefficient (Wildman–Crippen LogP) is 5.73. The van der Waals surface area contributed by atoms with Crippen molar-refractivity contribution < 1.29 is 0 Å². The van der Waals surface area contributed by atoms with E-state index in [2.05, 4.69) is 35.7 Å². The lowest BCUT2D eigenvalue weighted by Crippen LogP contribution is -2.26. The molecule has 3 rings (SSSR count). The molecule has 0 N–H and O–H groups in total. The van der Waals surface area contributed by atoms with Gasteiger partial charge in [0.2, 0.25) is 0 Å². The molecule has 0 aliphatic heterocycles. The van der Waals surface area contributed by atoms with E-state index in [0.717, 1.165) is 17.8 Å². The minimum atomic E-state index is 0.618. The quantitative estimate of drug-likeness (QED) is 0.665. The summed E-state index contributed by atoms with van der Waals surface area (Å²) in [6.07, 6.45) is 10.8. The van der Waals surface area contributed by atoms with Crippen molar-refractivity contribution >= 4 is 11.8 Å². The van der Waals surface area contributed by atoms with Crippen LogP contribution in [0.5, 0.6) is 0 Å². The monoisotopic (exact) mass is 299 g/mol. The van der Waals surface area contributed by atoms with Crippen molar-refractivity contribution in [1.82, 2.24) is 0 Å². The lowest BCUT2D eigenvalue weighted by molar-refractivity contribution is 0.188. The number of thioether (sulfide) groups is 1. The highest BCUT2D eigenvalue weighted by molar-refractivity contribution is 8.04. The fraction of sp³-hybridized carbons (Fsp3) is 0.632. The third kappa shape index (κ3) is 3.83. The molecule has 0 radical (unpaired) electrons. The minimum absolute atomic E-state index is 0.618. The molecule has 1 aromatic rings. The van der Waals surface area contributed by atoms with Gasteiger partial charge in [0.1, 0.15) is 5.40 Å². The second kappa shape index (κ2) is 7.36. The summed E-state index contributed by atoms with van der Waals surface area (Å²) in [5.41, 5.74) is 1.55. The Kier molecular flexibility index (Phi) is 5.25. The Morgan fingerprint density at radius 2 is 1.38 bits per heavy atom. The Morgan fingerprint density at radius 3 is 1.95 bits per heavy atom. The SMILES string of the molecule is N#CSC1CCC(C2CCC(c3ccccc3)CC2)CC1. The number of rotatable bonds is 3. The van der Waals surface area contributed by atoms with Gasteiger partial charge in [-0.25, -0.2) is 0 Å². The Hall–Kier alpha value is -0.940. The number of nitriles is 1. The van der Waals surface area contributed by atoms with Crippen LogP contribution in [0.3, 0.4) is 0 Å². The maximum Gasteiger partial charge on any atom is 0.133 e. The predicted molar refractivity (Wildman–Crippen MR) is 90.1 cm³/mol. The Morgan fingerprint density at radius 1 is 0.810 bits per heavy atom. The molecule has 0 atom stereocenters. The molecule has 0 unspecified atom stereocenters. The number of thiocyanates is 1. The molecule has 2 fully saturated rings. The fourth-order valence-electron chi connectivity index (χ4n) is 4.40. The Bertz CT molecular complexity index is 462. The standard InChI is InChI=1S/C19H25NS/c20-14-21-19-12-10-18(11-13-19)17-8-6-16(7-9-17)15-4-2-1-3-5-15/h1-5,16-19H,6-13H2. The molecule has 1 aromatic carbocycles. The van der Waals surface area contributed by atoms with E-state index in [-0.39, 0.29) is 0 Å². The van der Waals surface area contributed by atoms with Crippen molar-refractivity contribution in [2.45, 2.75) is 62.5 Å². The molecular formula is C19H25NS. The van der Waals surface area contributed by atoms with Crippen molar-refractivity contribution in [3.63, 3.8) is 0 Å². The van der Waals surface area contributed by atoms with Crippen LogP contribution in [0.15, 0.2) is 30.3 Å². The number of benzene rings is 1. The first-order valence-electron chi connectivity index (χ1n) is 8.46. The molecule has 2 heteroatoms. The van der Waals surface area contributed by atoms with Gasteiger partial charge in [-0.05, 0) is 86.4 Å². The van der Waals surface area contributed by atoms with Crippen LogP contribution in [0.4, 0.5) is 0 Å². The summed E-state index contributed by atoms with van der Waals surface area (Å²) in [5, 5.41) is 11.7. The average molecular weight is 299 g/mol. The second-order valence-electron chi connectivity index (χ2n) is 6.77. The van der Waals surface area contributed by atoms with Gasteiger partial charge in [0.05, 0.1) is 0 Å². The maximum absolute atomic E-state index is 8.78. The second-order valence-corrected chi connectivity index (χ2v) is 7.85. The third-order valence-electron chi connectivity index (χ3n) is 5.65. The van der Waals surface area contributed by atoms with E-state index in [1.807, 2.05) is 0 Å². The lowest BCUT2D eigenvalue weighted by Gasteiger charge is -2.37. The summed E-state index contributed by atoms with van der Waals surface area (Å²) < 4.78 is 0. The van der Waals surface area contributed by atoms with Gasteiger partial charge in [-0.15, -0.1) is 0 Å². The van der Waals surface area contributed by atoms with E-state index in [9.17, 15) is 0 Å². The maximum atomic E-state index is 8.78. The van der Waals surface area contributed by atoms with E-state index < -0.39 is 0 Å². The van der Waals surface area contributed by atoms with Crippen molar-refractivity contribution in [2.75, 3.05) is 0 Å². The number of hydrogen-bond acceptors (Lipinski definition) is 2. The van der Waals surface area contributed by atoms with Crippen LogP contribution < -0.4 is 0 Å². The first kappa shape index (κ1) is 15.0. The van der Waals surface area contributed by atoms with E-state index >= 15 is 0 Å². The average Bonchev–Trinajstić information content (AvgIpc) is 2.57. The molecule has 0 spiro atoms. The van der Waals surface area contributed by atoms with Crippen LogP contribution in [0.2, 0.25) is 0 Å². The molecule has 0 heterocycles. The lowest BCUT2D eigenvalue weighted by atomic mass is 9.70. The molecule has 21 heavy (non-hydrogen) atoms. The van der Waals surface area contributed by atoms with Gasteiger partial charge in [0, 0.05) is 5.25 Å². The highest BCUT2D eigenvalue weighted by atomic mass is 32.2. The minimum Gasteiger partial charge on any atom is -0.185 e. The number of nitrogens with zero attached hydrogens (tertiary/aromatic N) is 1.